The number of ether oxygens (including phenoxy) is 2. The van der Waals surface area contributed by atoms with Crippen molar-refractivity contribution in [2.24, 2.45) is 0 Å². The molecule has 1 fully saturated rings. The van der Waals surface area contributed by atoms with Crippen LogP contribution in [0.1, 0.15) is 53.9 Å². The van der Waals surface area contributed by atoms with Crippen LogP contribution >= 0.6 is 0 Å². The van der Waals surface area contributed by atoms with Gasteiger partial charge in [0.2, 0.25) is 6.41 Å². The van der Waals surface area contributed by atoms with E-state index < -0.39 is 11.7 Å². The molecule has 8 heteroatoms. The lowest BCUT2D eigenvalue weighted by molar-refractivity contribution is -0.126. The molecular weight excluding hydrogens is 338 g/mol. The van der Waals surface area contributed by atoms with Gasteiger partial charge in [0.1, 0.15) is 5.60 Å². The number of nitrogens with one attached hydrogen (secondary N) is 2. The van der Waals surface area contributed by atoms with Crippen LogP contribution in [0, 0.1) is 0 Å². The van der Waals surface area contributed by atoms with Gasteiger partial charge in [-0.3, -0.25) is 9.59 Å². The first kappa shape index (κ1) is 24.2. The third kappa shape index (κ3) is 10.9. The van der Waals surface area contributed by atoms with Gasteiger partial charge in [0.05, 0.1) is 7.11 Å². The summed E-state index contributed by atoms with van der Waals surface area (Å²) in [5.41, 5.74) is -0.477. The van der Waals surface area contributed by atoms with Gasteiger partial charge in [-0.2, -0.15) is 0 Å². The molecule has 0 aromatic heterocycles. The standard InChI is InChI=1S/C16H31N3O3.C2H4O2/c1-12(18-15(21)22-16(3,4)5)10-17-9-8-14-7-6-13(2)19(14)11-20;1-4-2-3/h11-14,17H,6-10H2,1-5H3,(H,18,21);2H,1H3. The van der Waals surface area contributed by atoms with Crippen LogP contribution in [0.5, 0.6) is 0 Å². The normalized spacial score (nSPS) is 20.5. The summed E-state index contributed by atoms with van der Waals surface area (Å²) in [6.07, 6.45) is 3.68. The van der Waals surface area contributed by atoms with E-state index in [0.717, 1.165) is 32.2 Å². The first-order valence-electron chi connectivity index (χ1n) is 9.04. The summed E-state index contributed by atoms with van der Waals surface area (Å²) < 4.78 is 9.07. The van der Waals surface area contributed by atoms with Gasteiger partial charge in [-0.15, -0.1) is 0 Å². The Morgan fingerprint density at radius 3 is 2.42 bits per heavy atom. The van der Waals surface area contributed by atoms with Gasteiger partial charge < -0.3 is 25.0 Å². The van der Waals surface area contributed by atoms with E-state index in [4.69, 9.17) is 9.53 Å². The SMILES string of the molecule is CC(CNCCC1CCC(C)N1C=O)NC(=O)OC(C)(C)C.COC=O. The molecule has 1 rings (SSSR count). The van der Waals surface area contributed by atoms with Gasteiger partial charge in [0, 0.05) is 24.7 Å². The van der Waals surface area contributed by atoms with Crippen LogP contribution in [-0.2, 0) is 19.1 Å². The van der Waals surface area contributed by atoms with Crippen molar-refractivity contribution < 1.29 is 23.9 Å². The predicted molar refractivity (Wildman–Crippen MR) is 99.8 cm³/mol. The molecule has 0 aromatic rings. The summed E-state index contributed by atoms with van der Waals surface area (Å²) in [6, 6.07) is 0.698. The number of alkyl carbamates (subject to hydrolysis) is 1. The zero-order valence-corrected chi connectivity index (χ0v) is 16.9. The molecule has 0 bridgehead atoms. The zero-order chi connectivity index (χ0) is 20.2. The minimum Gasteiger partial charge on any atom is -0.471 e. The molecule has 2 N–H and O–H groups in total. The lowest BCUT2D eigenvalue weighted by atomic mass is 10.1. The molecule has 0 spiro atoms. The minimum absolute atomic E-state index is 0.000439. The highest BCUT2D eigenvalue weighted by Crippen LogP contribution is 2.23. The van der Waals surface area contributed by atoms with Gasteiger partial charge in [-0.1, -0.05) is 0 Å². The van der Waals surface area contributed by atoms with Crippen molar-refractivity contribution in [3.05, 3.63) is 0 Å². The van der Waals surface area contributed by atoms with Crippen molar-refractivity contribution >= 4 is 19.0 Å². The first-order chi connectivity index (χ1) is 12.1. The molecule has 152 valence electrons. The van der Waals surface area contributed by atoms with E-state index in [1.807, 2.05) is 32.6 Å². The van der Waals surface area contributed by atoms with E-state index in [0.29, 0.717) is 25.1 Å². The molecule has 1 saturated heterocycles. The van der Waals surface area contributed by atoms with Crippen LogP contribution in [0.3, 0.4) is 0 Å². The highest BCUT2D eigenvalue weighted by Gasteiger charge is 2.28. The van der Waals surface area contributed by atoms with Gasteiger partial charge in [-0.05, 0) is 60.4 Å². The second-order valence-corrected chi connectivity index (χ2v) is 7.50. The van der Waals surface area contributed by atoms with Crippen LogP contribution in [-0.4, -0.2) is 67.8 Å². The summed E-state index contributed by atoms with van der Waals surface area (Å²) >= 11 is 0. The van der Waals surface area contributed by atoms with Gasteiger partial charge in [0.25, 0.3) is 6.47 Å². The van der Waals surface area contributed by atoms with Gasteiger partial charge in [-0.25, -0.2) is 4.79 Å². The van der Waals surface area contributed by atoms with Crippen molar-refractivity contribution in [3.63, 3.8) is 0 Å². The Hall–Kier alpha value is -1.83. The van der Waals surface area contributed by atoms with Crippen LogP contribution < -0.4 is 10.6 Å². The van der Waals surface area contributed by atoms with Crippen molar-refractivity contribution in [2.75, 3.05) is 20.2 Å². The molecule has 0 aliphatic carbocycles. The summed E-state index contributed by atoms with van der Waals surface area (Å²) in [4.78, 5) is 33.5. The Morgan fingerprint density at radius 2 is 1.92 bits per heavy atom. The summed E-state index contributed by atoms with van der Waals surface area (Å²) in [6.45, 7) is 11.5. The fourth-order valence-electron chi connectivity index (χ4n) is 2.72. The topological polar surface area (TPSA) is 97.0 Å². The third-order valence-corrected chi connectivity index (χ3v) is 3.93. The quantitative estimate of drug-likeness (QED) is 0.496. The Balaban J connectivity index is 0.00000141. The average molecular weight is 373 g/mol. The second-order valence-electron chi connectivity index (χ2n) is 7.50. The molecule has 1 aliphatic rings. The zero-order valence-electron chi connectivity index (χ0n) is 16.9. The number of nitrogens with zero attached hydrogens (tertiary/aromatic N) is 1. The second kappa shape index (κ2) is 12.5. The van der Waals surface area contributed by atoms with Gasteiger partial charge >= 0.3 is 6.09 Å². The predicted octanol–water partition coefficient (Wildman–Crippen LogP) is 1.68. The number of rotatable bonds is 8. The van der Waals surface area contributed by atoms with Crippen LogP contribution in [0.2, 0.25) is 0 Å². The number of hydrogen-bond acceptors (Lipinski definition) is 6. The number of likely N-dealkylation sites (tertiary alicyclic amines) is 1. The van der Waals surface area contributed by atoms with E-state index in [1.54, 1.807) is 0 Å². The fourth-order valence-corrected chi connectivity index (χ4v) is 2.72. The maximum absolute atomic E-state index is 11.6. The van der Waals surface area contributed by atoms with Crippen LogP contribution in [0.4, 0.5) is 4.79 Å². The highest BCUT2D eigenvalue weighted by atomic mass is 16.6. The molecular formula is C18H35N3O5. The van der Waals surface area contributed by atoms with E-state index >= 15 is 0 Å². The Labute approximate surface area is 157 Å². The number of methoxy groups -OCH3 is 1. The fraction of sp³-hybridized carbons (Fsp3) is 0.833. The van der Waals surface area contributed by atoms with Crippen molar-refractivity contribution in [2.45, 2.75) is 77.6 Å². The molecule has 2 amide bonds. The molecule has 0 saturated carbocycles. The third-order valence-electron chi connectivity index (χ3n) is 3.93. The molecule has 0 aromatic carbocycles. The number of carbonyl (C=O) groups excluding carboxylic acids is 3. The van der Waals surface area contributed by atoms with Gasteiger partial charge in [0.15, 0.2) is 0 Å². The van der Waals surface area contributed by atoms with Crippen LogP contribution in [0.25, 0.3) is 0 Å². The molecule has 3 unspecified atom stereocenters. The number of carbonyl (C=O) groups is 3. The minimum atomic E-state index is -0.477. The Bertz CT molecular complexity index is 426. The van der Waals surface area contributed by atoms with E-state index in [1.165, 1.54) is 7.11 Å². The smallest absolute Gasteiger partial charge is 0.407 e. The lowest BCUT2D eigenvalue weighted by Crippen LogP contribution is -2.43. The monoisotopic (exact) mass is 373 g/mol. The number of amides is 2. The summed E-state index contributed by atoms with van der Waals surface area (Å²) in [7, 11) is 1.31. The molecule has 8 nitrogen and oxygen atoms in total. The lowest BCUT2D eigenvalue weighted by Gasteiger charge is -2.24. The summed E-state index contributed by atoms with van der Waals surface area (Å²) in [5, 5.41) is 6.13. The molecule has 0 radical (unpaired) electrons. The average Bonchev–Trinajstić information content (AvgIpc) is 2.89. The summed E-state index contributed by atoms with van der Waals surface area (Å²) in [5.74, 6) is 0. The Kier molecular flexibility index (Phi) is 11.6. The van der Waals surface area contributed by atoms with Crippen molar-refractivity contribution in [1.29, 1.82) is 0 Å². The first-order valence-corrected chi connectivity index (χ1v) is 9.04. The molecule has 26 heavy (non-hydrogen) atoms. The van der Waals surface area contributed by atoms with E-state index in [9.17, 15) is 9.59 Å². The van der Waals surface area contributed by atoms with E-state index in [-0.39, 0.29) is 6.04 Å². The number of hydrogen-bond donors (Lipinski definition) is 2. The largest absolute Gasteiger partial charge is 0.471 e. The van der Waals surface area contributed by atoms with Crippen molar-refractivity contribution in [3.8, 4) is 0 Å². The molecule has 1 heterocycles. The van der Waals surface area contributed by atoms with Crippen molar-refractivity contribution in [1.82, 2.24) is 15.5 Å². The molecule has 3 atom stereocenters. The van der Waals surface area contributed by atoms with E-state index in [2.05, 4.69) is 22.3 Å². The molecule has 1 aliphatic heterocycles. The maximum Gasteiger partial charge on any atom is 0.407 e. The van der Waals surface area contributed by atoms with Crippen LogP contribution in [0.15, 0.2) is 0 Å². The highest BCUT2D eigenvalue weighted by molar-refractivity contribution is 5.68. The Morgan fingerprint density at radius 1 is 1.31 bits per heavy atom. The maximum atomic E-state index is 11.6.